The molecular formula is C4H13MgN3NaO5P. The topological polar surface area (TPSA) is 137 Å². The number of rotatable bonds is 3. The predicted octanol–water partition coefficient (Wildman–Crippen LogP) is -3.12. The van der Waals surface area contributed by atoms with E-state index in [2.05, 4.69) is 4.52 Å². The second-order valence-corrected chi connectivity index (χ2v) is 3.36. The van der Waals surface area contributed by atoms with Gasteiger partial charge in [0.15, 0.2) is 5.96 Å². The third kappa shape index (κ3) is 12.6. The molecule has 5 N–H and O–H groups in total. The minimum absolute atomic E-state index is 0. The first-order valence-corrected chi connectivity index (χ1v) is 4.58. The van der Waals surface area contributed by atoms with Gasteiger partial charge in [-0.2, -0.15) is 0 Å². The summed E-state index contributed by atoms with van der Waals surface area (Å²) < 4.78 is 13.8. The number of nitrogens with two attached hydrogens (primary N) is 1. The van der Waals surface area contributed by atoms with Crippen LogP contribution in [0, 0.1) is 5.41 Å². The molecule has 82 valence electrons. The van der Waals surface area contributed by atoms with Crippen LogP contribution < -0.4 is 5.73 Å². The summed E-state index contributed by atoms with van der Waals surface area (Å²) in [5.41, 5.74) is 4.96. The number of phosphoric ester groups is 1. The quantitative estimate of drug-likeness (QED) is 0.182. The van der Waals surface area contributed by atoms with Gasteiger partial charge in [-0.3, -0.25) is 15.2 Å². The first-order chi connectivity index (χ1) is 5.72. The first kappa shape index (κ1) is 21.0. The summed E-state index contributed by atoms with van der Waals surface area (Å²) in [5, 5.41) is 6.83. The fourth-order valence-electron chi connectivity index (χ4n) is 0.440. The van der Waals surface area contributed by atoms with E-state index in [-0.39, 0.29) is 52.6 Å². The molecule has 0 amide bonds. The third-order valence-corrected chi connectivity index (χ3v) is 1.44. The zero-order valence-electron chi connectivity index (χ0n) is 6.80. The number of nitrogens with zero attached hydrogens (tertiary/aromatic N) is 1. The van der Waals surface area contributed by atoms with Crippen LogP contribution in [0.5, 0.6) is 0 Å². The van der Waals surface area contributed by atoms with Crippen LogP contribution in [-0.2, 0) is 13.9 Å². The van der Waals surface area contributed by atoms with Gasteiger partial charge in [-0.15, -0.1) is 0 Å². The Balaban J connectivity index is -0.000000720. The Labute approximate surface area is 125 Å². The molecule has 0 saturated heterocycles. The van der Waals surface area contributed by atoms with E-state index < -0.39 is 26.3 Å². The SMILES string of the molecule is CN(CC(=O)OP(=O)(O)O)C(=N)N.[MgH2].[NaH]. The van der Waals surface area contributed by atoms with E-state index in [0.717, 1.165) is 4.90 Å². The standard InChI is InChI=1S/C4H10N3O5P.Mg.Na.3H/c1-7(4(5)6)2-3(8)12-13(9,10)11;;;;;/h2H2,1H3,(H3,5,6)(H2,9,10,11);;;;;. The van der Waals surface area contributed by atoms with E-state index in [1.807, 2.05) is 0 Å². The van der Waals surface area contributed by atoms with Gasteiger partial charge in [0.05, 0.1) is 0 Å². The molecule has 8 nitrogen and oxygen atoms in total. The number of phosphoric acid groups is 1. The fourth-order valence-corrected chi connectivity index (χ4v) is 0.763. The van der Waals surface area contributed by atoms with Gasteiger partial charge in [0, 0.05) is 7.05 Å². The van der Waals surface area contributed by atoms with Crippen molar-refractivity contribution in [2.24, 2.45) is 5.73 Å². The van der Waals surface area contributed by atoms with Gasteiger partial charge in [-0.05, 0) is 0 Å². The van der Waals surface area contributed by atoms with Gasteiger partial charge in [-0.1, -0.05) is 0 Å². The van der Waals surface area contributed by atoms with Gasteiger partial charge in [0.25, 0.3) is 0 Å². The normalized spacial score (nSPS) is 9.27. The van der Waals surface area contributed by atoms with Crippen LogP contribution in [0.3, 0.4) is 0 Å². The number of carbonyl (C=O) groups excluding carboxylic acids is 1. The van der Waals surface area contributed by atoms with Gasteiger partial charge < -0.3 is 15.2 Å². The van der Waals surface area contributed by atoms with Crippen molar-refractivity contribution in [1.82, 2.24) is 4.90 Å². The Bertz CT molecular complexity index is 271. The zero-order chi connectivity index (χ0) is 10.6. The summed E-state index contributed by atoms with van der Waals surface area (Å²) in [6, 6.07) is 0. The van der Waals surface area contributed by atoms with Crippen LogP contribution in [0.1, 0.15) is 0 Å². The number of likely N-dealkylation sites (N-methyl/N-ethyl adjacent to an activating group) is 1. The van der Waals surface area contributed by atoms with Gasteiger partial charge in [-0.25, -0.2) is 9.36 Å². The zero-order valence-corrected chi connectivity index (χ0v) is 7.69. The maximum absolute atomic E-state index is 10.7. The predicted molar refractivity (Wildman–Crippen MR) is 58.4 cm³/mol. The minimum atomic E-state index is -4.80. The number of guanidine groups is 1. The molecule has 0 unspecified atom stereocenters. The number of nitrogens with one attached hydrogen (secondary N) is 1. The van der Waals surface area contributed by atoms with Crippen molar-refractivity contribution in [1.29, 1.82) is 5.41 Å². The summed E-state index contributed by atoms with van der Waals surface area (Å²) in [6.07, 6.45) is 0. The van der Waals surface area contributed by atoms with Crippen molar-refractivity contribution in [2.45, 2.75) is 0 Å². The number of hydrogen-bond donors (Lipinski definition) is 4. The molecule has 0 bridgehead atoms. The van der Waals surface area contributed by atoms with Crippen molar-refractivity contribution in [3.63, 3.8) is 0 Å². The van der Waals surface area contributed by atoms with Crippen LogP contribution >= 0.6 is 7.82 Å². The monoisotopic (exact) mass is 261 g/mol. The molecule has 0 aromatic carbocycles. The average Bonchev–Trinajstić information content (AvgIpc) is 1.81. The Hall–Kier alpha value is 0.656. The Kier molecular flexibility index (Phi) is 12.3. The summed E-state index contributed by atoms with van der Waals surface area (Å²) in [7, 11) is -3.49. The number of carbonyl (C=O) groups is 1. The molecule has 0 aromatic rings. The Morgan fingerprint density at radius 3 is 2.27 bits per heavy atom. The molecule has 0 atom stereocenters. The summed E-state index contributed by atoms with van der Waals surface area (Å²) >= 11 is 0. The van der Waals surface area contributed by atoms with Crippen molar-refractivity contribution >= 4 is 72.4 Å². The summed E-state index contributed by atoms with van der Waals surface area (Å²) in [4.78, 5) is 28.0. The van der Waals surface area contributed by atoms with Crippen molar-refractivity contribution in [3.8, 4) is 0 Å². The molecule has 15 heavy (non-hydrogen) atoms. The molecule has 0 aromatic heterocycles. The van der Waals surface area contributed by atoms with E-state index in [1.165, 1.54) is 7.05 Å². The third-order valence-electron chi connectivity index (χ3n) is 0.998. The van der Waals surface area contributed by atoms with Crippen LogP contribution in [0.4, 0.5) is 0 Å². The van der Waals surface area contributed by atoms with E-state index >= 15 is 0 Å². The molecule has 0 saturated carbocycles. The van der Waals surface area contributed by atoms with E-state index in [1.54, 1.807) is 0 Å². The number of hydrogen-bond acceptors (Lipinski definition) is 4. The van der Waals surface area contributed by atoms with Gasteiger partial charge in [0.2, 0.25) is 0 Å². The van der Waals surface area contributed by atoms with Crippen molar-refractivity contribution in [3.05, 3.63) is 0 Å². The second-order valence-electron chi connectivity index (χ2n) is 2.20. The van der Waals surface area contributed by atoms with E-state index in [4.69, 9.17) is 20.9 Å². The molecule has 0 spiro atoms. The molecule has 0 fully saturated rings. The van der Waals surface area contributed by atoms with Crippen LogP contribution in [0.2, 0.25) is 0 Å². The molecule has 0 aliphatic rings. The second kappa shape index (κ2) is 8.77. The fraction of sp³-hybridized carbons (Fsp3) is 0.500. The molecule has 11 heteroatoms. The van der Waals surface area contributed by atoms with E-state index in [0.29, 0.717) is 0 Å². The van der Waals surface area contributed by atoms with Gasteiger partial charge in [0.1, 0.15) is 6.54 Å². The first-order valence-electron chi connectivity index (χ1n) is 3.05. The molecule has 0 rings (SSSR count). The van der Waals surface area contributed by atoms with Crippen molar-refractivity contribution < 1.29 is 23.7 Å². The molecule has 0 radical (unpaired) electrons. The average molecular weight is 261 g/mol. The van der Waals surface area contributed by atoms with E-state index in [9.17, 15) is 9.36 Å². The van der Waals surface area contributed by atoms with Crippen LogP contribution in [0.25, 0.3) is 0 Å². The molecule has 0 aliphatic heterocycles. The Morgan fingerprint density at radius 1 is 1.60 bits per heavy atom. The van der Waals surface area contributed by atoms with Crippen LogP contribution in [0.15, 0.2) is 0 Å². The summed E-state index contributed by atoms with van der Waals surface area (Å²) in [6.45, 7) is -0.486. The maximum atomic E-state index is 10.7. The van der Waals surface area contributed by atoms with Crippen molar-refractivity contribution in [2.75, 3.05) is 13.6 Å². The van der Waals surface area contributed by atoms with Crippen LogP contribution in [-0.4, -0.2) is 92.8 Å². The van der Waals surface area contributed by atoms with Gasteiger partial charge >= 0.3 is 66.4 Å². The molecule has 0 heterocycles. The summed E-state index contributed by atoms with van der Waals surface area (Å²) in [5.74, 6) is -1.55. The molecule has 0 aliphatic carbocycles. The Morgan fingerprint density at radius 2 is 2.00 bits per heavy atom. The molecular weight excluding hydrogens is 248 g/mol.